The fraction of sp³-hybridized carbons (Fsp3) is 0.368. The molecule has 1 aromatic carbocycles. The molecule has 0 spiro atoms. The van der Waals surface area contributed by atoms with Gasteiger partial charge in [0.05, 0.1) is 30.5 Å². The van der Waals surface area contributed by atoms with Gasteiger partial charge in [-0.15, -0.1) is 0 Å². The maximum Gasteiger partial charge on any atom is 0.236 e. The predicted octanol–water partition coefficient (Wildman–Crippen LogP) is 3.35. The SMILES string of the molecule is O=C(Nc1ccc(N2CCOCC2)cn1)C1(c2cccc(Br)c2)CC1. The molecule has 0 atom stereocenters. The van der Waals surface area contributed by atoms with Gasteiger partial charge in [-0.05, 0) is 42.7 Å². The van der Waals surface area contributed by atoms with Crippen LogP contribution in [0.25, 0.3) is 0 Å². The van der Waals surface area contributed by atoms with Crippen molar-refractivity contribution in [2.24, 2.45) is 0 Å². The van der Waals surface area contributed by atoms with E-state index in [1.807, 2.05) is 42.6 Å². The summed E-state index contributed by atoms with van der Waals surface area (Å²) in [6.45, 7) is 3.24. The van der Waals surface area contributed by atoms with Crippen molar-refractivity contribution in [1.29, 1.82) is 0 Å². The summed E-state index contributed by atoms with van der Waals surface area (Å²) in [6.07, 6.45) is 3.57. The summed E-state index contributed by atoms with van der Waals surface area (Å²) in [7, 11) is 0. The highest BCUT2D eigenvalue weighted by Gasteiger charge is 2.51. The minimum Gasteiger partial charge on any atom is -0.378 e. The first-order valence-electron chi connectivity index (χ1n) is 8.54. The molecular formula is C19H20BrN3O2. The third-order valence-corrected chi connectivity index (χ3v) is 5.42. The molecule has 2 aliphatic rings. The normalized spacial score (nSPS) is 18.7. The van der Waals surface area contributed by atoms with Crippen molar-refractivity contribution in [2.75, 3.05) is 36.5 Å². The number of anilines is 2. The standard InChI is InChI=1S/C19H20BrN3O2/c20-15-3-1-2-14(12-15)19(6-7-19)18(24)22-17-5-4-16(13-21-17)23-8-10-25-11-9-23/h1-5,12-13H,6-11H2,(H,21,22,24). The van der Waals surface area contributed by atoms with Crippen molar-refractivity contribution in [3.63, 3.8) is 0 Å². The van der Waals surface area contributed by atoms with E-state index in [1.54, 1.807) is 0 Å². The van der Waals surface area contributed by atoms with Gasteiger partial charge in [0.2, 0.25) is 5.91 Å². The number of ether oxygens (including phenoxy) is 1. The Morgan fingerprint density at radius 3 is 2.64 bits per heavy atom. The number of morpholine rings is 1. The van der Waals surface area contributed by atoms with E-state index in [0.29, 0.717) is 5.82 Å². The first-order chi connectivity index (χ1) is 12.2. The second-order valence-corrected chi connectivity index (χ2v) is 7.46. The maximum atomic E-state index is 12.8. The first kappa shape index (κ1) is 16.5. The monoisotopic (exact) mass is 401 g/mol. The number of hydrogen-bond acceptors (Lipinski definition) is 4. The lowest BCUT2D eigenvalue weighted by Crippen LogP contribution is -2.36. The predicted molar refractivity (Wildman–Crippen MR) is 101 cm³/mol. The van der Waals surface area contributed by atoms with Gasteiger partial charge in [-0.1, -0.05) is 28.1 Å². The number of nitrogens with zero attached hydrogens (tertiary/aromatic N) is 2. The van der Waals surface area contributed by atoms with Gasteiger partial charge in [0, 0.05) is 17.6 Å². The van der Waals surface area contributed by atoms with Crippen molar-refractivity contribution in [3.05, 3.63) is 52.6 Å². The van der Waals surface area contributed by atoms with Crippen LogP contribution in [0.15, 0.2) is 47.1 Å². The molecule has 1 N–H and O–H groups in total. The average Bonchev–Trinajstić information content (AvgIpc) is 3.45. The average molecular weight is 402 g/mol. The van der Waals surface area contributed by atoms with Gasteiger partial charge in [0.1, 0.15) is 5.82 Å². The number of nitrogens with one attached hydrogen (secondary N) is 1. The Kier molecular flexibility index (Phi) is 4.48. The van der Waals surface area contributed by atoms with Gasteiger partial charge >= 0.3 is 0 Å². The molecule has 2 fully saturated rings. The molecular weight excluding hydrogens is 382 g/mol. The second-order valence-electron chi connectivity index (χ2n) is 6.55. The smallest absolute Gasteiger partial charge is 0.236 e. The molecule has 25 heavy (non-hydrogen) atoms. The zero-order valence-electron chi connectivity index (χ0n) is 13.9. The summed E-state index contributed by atoms with van der Waals surface area (Å²) < 4.78 is 6.37. The molecule has 0 bridgehead atoms. The van der Waals surface area contributed by atoms with Crippen LogP contribution in [0, 0.1) is 0 Å². The van der Waals surface area contributed by atoms with Crippen LogP contribution in [0.5, 0.6) is 0 Å². The van der Waals surface area contributed by atoms with E-state index in [-0.39, 0.29) is 5.91 Å². The van der Waals surface area contributed by atoms with Gasteiger partial charge < -0.3 is 15.0 Å². The molecule has 2 heterocycles. The van der Waals surface area contributed by atoms with Crippen LogP contribution in [0.4, 0.5) is 11.5 Å². The number of hydrogen-bond donors (Lipinski definition) is 1. The van der Waals surface area contributed by atoms with Crippen molar-refractivity contribution in [1.82, 2.24) is 4.98 Å². The van der Waals surface area contributed by atoms with Crippen molar-refractivity contribution in [3.8, 4) is 0 Å². The minimum atomic E-state index is -0.408. The fourth-order valence-electron chi connectivity index (χ4n) is 3.26. The summed E-state index contributed by atoms with van der Waals surface area (Å²) in [4.78, 5) is 19.5. The van der Waals surface area contributed by atoms with Crippen molar-refractivity contribution < 1.29 is 9.53 Å². The largest absolute Gasteiger partial charge is 0.378 e. The Morgan fingerprint density at radius 1 is 1.20 bits per heavy atom. The van der Waals surface area contributed by atoms with Crippen LogP contribution >= 0.6 is 15.9 Å². The van der Waals surface area contributed by atoms with E-state index in [2.05, 4.69) is 31.1 Å². The molecule has 1 amide bonds. The number of aromatic nitrogens is 1. The van der Waals surface area contributed by atoms with Crippen molar-refractivity contribution >= 4 is 33.3 Å². The molecule has 1 aromatic heterocycles. The molecule has 4 rings (SSSR count). The first-order valence-corrected chi connectivity index (χ1v) is 9.33. The number of rotatable bonds is 4. The summed E-state index contributed by atoms with van der Waals surface area (Å²) >= 11 is 3.49. The van der Waals surface area contributed by atoms with E-state index >= 15 is 0 Å². The summed E-state index contributed by atoms with van der Waals surface area (Å²) in [5.74, 6) is 0.625. The quantitative estimate of drug-likeness (QED) is 0.853. The summed E-state index contributed by atoms with van der Waals surface area (Å²) in [5, 5.41) is 2.98. The number of amides is 1. The number of carbonyl (C=O) groups is 1. The zero-order valence-corrected chi connectivity index (χ0v) is 15.5. The van der Waals surface area contributed by atoms with Crippen LogP contribution in [-0.4, -0.2) is 37.2 Å². The topological polar surface area (TPSA) is 54.5 Å². The van der Waals surface area contributed by atoms with Crippen LogP contribution < -0.4 is 10.2 Å². The molecule has 6 heteroatoms. The van der Waals surface area contributed by atoms with Gasteiger partial charge in [-0.25, -0.2) is 4.98 Å². The number of benzene rings is 1. The second kappa shape index (κ2) is 6.77. The highest BCUT2D eigenvalue weighted by atomic mass is 79.9. The third-order valence-electron chi connectivity index (χ3n) is 4.93. The highest BCUT2D eigenvalue weighted by Crippen LogP contribution is 2.49. The van der Waals surface area contributed by atoms with E-state index in [9.17, 15) is 4.79 Å². The highest BCUT2D eigenvalue weighted by molar-refractivity contribution is 9.10. The lowest BCUT2D eigenvalue weighted by Gasteiger charge is -2.28. The molecule has 1 aliphatic carbocycles. The van der Waals surface area contributed by atoms with Gasteiger partial charge in [0.15, 0.2) is 0 Å². The summed E-state index contributed by atoms with van der Waals surface area (Å²) in [6, 6.07) is 11.9. The molecule has 5 nitrogen and oxygen atoms in total. The summed E-state index contributed by atoms with van der Waals surface area (Å²) in [5.41, 5.74) is 1.72. The van der Waals surface area contributed by atoms with Crippen molar-refractivity contribution in [2.45, 2.75) is 18.3 Å². The van der Waals surface area contributed by atoms with E-state index in [0.717, 1.165) is 54.9 Å². The minimum absolute atomic E-state index is 0.0252. The Balaban J connectivity index is 1.46. The molecule has 0 radical (unpaired) electrons. The molecule has 1 saturated carbocycles. The maximum absolute atomic E-state index is 12.8. The lowest BCUT2D eigenvalue weighted by atomic mass is 9.95. The third kappa shape index (κ3) is 3.41. The van der Waals surface area contributed by atoms with E-state index in [1.165, 1.54) is 0 Å². The molecule has 130 valence electrons. The molecule has 1 aliphatic heterocycles. The number of halogens is 1. The fourth-order valence-corrected chi connectivity index (χ4v) is 3.66. The molecule has 0 unspecified atom stereocenters. The Hall–Kier alpha value is -1.92. The van der Waals surface area contributed by atoms with Crippen LogP contribution in [0.3, 0.4) is 0 Å². The van der Waals surface area contributed by atoms with E-state index in [4.69, 9.17) is 4.74 Å². The van der Waals surface area contributed by atoms with Gasteiger partial charge in [0.25, 0.3) is 0 Å². The number of carbonyl (C=O) groups excluding carboxylic acids is 1. The molecule has 1 saturated heterocycles. The van der Waals surface area contributed by atoms with Crippen LogP contribution in [0.1, 0.15) is 18.4 Å². The van der Waals surface area contributed by atoms with E-state index < -0.39 is 5.41 Å². The molecule has 2 aromatic rings. The Morgan fingerprint density at radius 2 is 2.00 bits per heavy atom. The Bertz CT molecular complexity index is 768. The number of pyridine rings is 1. The Labute approximate surface area is 155 Å². The van der Waals surface area contributed by atoms with Crippen LogP contribution in [-0.2, 0) is 14.9 Å². The zero-order chi connectivity index (χ0) is 17.3. The lowest BCUT2D eigenvalue weighted by molar-refractivity contribution is -0.118. The van der Waals surface area contributed by atoms with Gasteiger partial charge in [-0.3, -0.25) is 4.79 Å². The van der Waals surface area contributed by atoms with Crippen LogP contribution in [0.2, 0.25) is 0 Å². The van der Waals surface area contributed by atoms with Gasteiger partial charge in [-0.2, -0.15) is 0 Å².